The van der Waals surface area contributed by atoms with Crippen molar-refractivity contribution in [3.05, 3.63) is 41.6 Å². The molecule has 0 saturated heterocycles. The zero-order chi connectivity index (χ0) is 13.1. The standard InChI is InChI=1S/C11H13Cl2NO2S/c1-3-11(13)14(9(2)12)17(15,16)10-7-5-4-6-8-10/h3-9H,1-2H3/b11-3-. The van der Waals surface area contributed by atoms with Gasteiger partial charge in [0.2, 0.25) is 0 Å². The second kappa shape index (κ2) is 5.76. The summed E-state index contributed by atoms with van der Waals surface area (Å²) in [6.45, 7) is 3.20. The fourth-order valence-electron chi connectivity index (χ4n) is 1.31. The van der Waals surface area contributed by atoms with Gasteiger partial charge in [-0.2, -0.15) is 0 Å². The number of nitrogens with zero attached hydrogens (tertiary/aromatic N) is 1. The fraction of sp³-hybridized carbons (Fsp3) is 0.273. The second-order valence-electron chi connectivity index (χ2n) is 3.30. The third-order valence-corrected chi connectivity index (χ3v) is 4.78. The number of sulfonamides is 1. The SMILES string of the molecule is C/C=C(/Cl)N(C(C)Cl)S(=O)(=O)c1ccccc1. The Labute approximate surface area is 112 Å². The van der Waals surface area contributed by atoms with Crippen molar-refractivity contribution in [1.29, 1.82) is 0 Å². The van der Waals surface area contributed by atoms with Crippen LogP contribution < -0.4 is 0 Å². The zero-order valence-corrected chi connectivity index (χ0v) is 11.8. The number of rotatable bonds is 4. The van der Waals surface area contributed by atoms with Gasteiger partial charge in [-0.15, -0.1) is 0 Å². The molecule has 0 N–H and O–H groups in total. The molecule has 0 fully saturated rings. The lowest BCUT2D eigenvalue weighted by Gasteiger charge is -2.25. The molecule has 0 radical (unpaired) electrons. The maximum absolute atomic E-state index is 12.3. The molecule has 3 nitrogen and oxygen atoms in total. The highest BCUT2D eigenvalue weighted by Crippen LogP contribution is 2.26. The van der Waals surface area contributed by atoms with E-state index < -0.39 is 15.5 Å². The largest absolute Gasteiger partial charge is 0.266 e. The molecule has 94 valence electrons. The summed E-state index contributed by atoms with van der Waals surface area (Å²) in [7, 11) is -3.71. The third kappa shape index (κ3) is 3.15. The zero-order valence-electron chi connectivity index (χ0n) is 9.47. The summed E-state index contributed by atoms with van der Waals surface area (Å²) < 4.78 is 25.6. The van der Waals surface area contributed by atoms with Crippen molar-refractivity contribution in [1.82, 2.24) is 4.31 Å². The van der Waals surface area contributed by atoms with E-state index in [1.54, 1.807) is 32.0 Å². The number of halogens is 2. The van der Waals surface area contributed by atoms with E-state index in [1.807, 2.05) is 0 Å². The summed E-state index contributed by atoms with van der Waals surface area (Å²) in [4.78, 5) is 0.160. The maximum Gasteiger partial charge on any atom is 0.266 e. The molecule has 0 spiro atoms. The van der Waals surface area contributed by atoms with Crippen molar-refractivity contribution in [2.24, 2.45) is 0 Å². The number of benzene rings is 1. The second-order valence-corrected chi connectivity index (χ2v) is 6.13. The molecule has 0 saturated carbocycles. The predicted molar refractivity (Wildman–Crippen MR) is 70.4 cm³/mol. The van der Waals surface area contributed by atoms with Crippen LogP contribution >= 0.6 is 23.2 Å². The highest BCUT2D eigenvalue weighted by molar-refractivity contribution is 7.89. The van der Waals surface area contributed by atoms with Crippen molar-refractivity contribution in [2.45, 2.75) is 24.2 Å². The van der Waals surface area contributed by atoms with Gasteiger partial charge >= 0.3 is 0 Å². The Morgan fingerprint density at radius 3 is 2.29 bits per heavy atom. The van der Waals surface area contributed by atoms with Gasteiger partial charge in [0, 0.05) is 0 Å². The molecule has 0 aliphatic carbocycles. The molecule has 0 aliphatic rings. The molecule has 0 heterocycles. The first kappa shape index (κ1) is 14.4. The van der Waals surface area contributed by atoms with Gasteiger partial charge in [0.15, 0.2) is 0 Å². The summed E-state index contributed by atoms with van der Waals surface area (Å²) >= 11 is 11.8. The Balaban J connectivity index is 3.29. The highest BCUT2D eigenvalue weighted by Gasteiger charge is 2.28. The number of hydrogen-bond acceptors (Lipinski definition) is 2. The summed E-state index contributed by atoms with van der Waals surface area (Å²) in [5.41, 5.74) is -0.760. The molecular weight excluding hydrogens is 281 g/mol. The van der Waals surface area contributed by atoms with Gasteiger partial charge in [-0.3, -0.25) is 0 Å². The van der Waals surface area contributed by atoms with Gasteiger partial charge in [0.25, 0.3) is 10.0 Å². The van der Waals surface area contributed by atoms with Crippen molar-refractivity contribution in [2.75, 3.05) is 0 Å². The molecule has 1 rings (SSSR count). The van der Waals surface area contributed by atoms with Crippen LogP contribution in [0.3, 0.4) is 0 Å². The quantitative estimate of drug-likeness (QED) is 0.630. The van der Waals surface area contributed by atoms with Crippen molar-refractivity contribution in [3.8, 4) is 0 Å². The van der Waals surface area contributed by atoms with Crippen molar-refractivity contribution in [3.63, 3.8) is 0 Å². The Hall–Kier alpha value is -0.710. The first-order valence-corrected chi connectivity index (χ1v) is 7.22. The molecular formula is C11H13Cl2NO2S. The van der Waals surface area contributed by atoms with Crippen LogP contribution in [-0.4, -0.2) is 18.2 Å². The lowest BCUT2D eigenvalue weighted by Crippen LogP contribution is -2.33. The summed E-state index contributed by atoms with van der Waals surface area (Å²) in [6, 6.07) is 8.04. The Morgan fingerprint density at radius 2 is 1.88 bits per heavy atom. The number of hydrogen-bond donors (Lipinski definition) is 0. The molecule has 0 aromatic heterocycles. The average Bonchev–Trinajstić information content (AvgIpc) is 2.29. The molecule has 0 amide bonds. The summed E-state index contributed by atoms with van der Waals surface area (Å²) in [5.74, 6) is 0. The molecule has 1 aromatic rings. The minimum Gasteiger partial charge on any atom is -0.239 e. The van der Waals surface area contributed by atoms with Gasteiger partial charge in [-0.25, -0.2) is 12.7 Å². The lowest BCUT2D eigenvalue weighted by molar-refractivity contribution is 0.483. The van der Waals surface area contributed by atoms with Crippen LogP contribution in [0.15, 0.2) is 46.5 Å². The molecule has 6 heteroatoms. The summed E-state index contributed by atoms with van der Waals surface area (Å²) in [6.07, 6.45) is 1.49. The number of allylic oxidation sites excluding steroid dienone is 1. The topological polar surface area (TPSA) is 37.4 Å². The van der Waals surface area contributed by atoms with E-state index in [0.717, 1.165) is 4.31 Å². The minimum atomic E-state index is -3.71. The third-order valence-electron chi connectivity index (χ3n) is 2.07. The average molecular weight is 294 g/mol. The maximum atomic E-state index is 12.3. The van der Waals surface area contributed by atoms with Crippen LogP contribution in [0.2, 0.25) is 0 Å². The van der Waals surface area contributed by atoms with E-state index >= 15 is 0 Å². The van der Waals surface area contributed by atoms with E-state index in [4.69, 9.17) is 23.2 Å². The molecule has 17 heavy (non-hydrogen) atoms. The molecule has 0 bridgehead atoms. The van der Waals surface area contributed by atoms with E-state index in [-0.39, 0.29) is 10.1 Å². The van der Waals surface area contributed by atoms with E-state index in [0.29, 0.717) is 0 Å². The van der Waals surface area contributed by atoms with E-state index in [2.05, 4.69) is 0 Å². The first-order valence-electron chi connectivity index (χ1n) is 4.96. The van der Waals surface area contributed by atoms with Gasteiger partial charge in [0.05, 0.1) is 4.90 Å². The minimum absolute atomic E-state index is 0.0800. The highest BCUT2D eigenvalue weighted by atomic mass is 35.5. The Morgan fingerprint density at radius 1 is 1.35 bits per heavy atom. The van der Waals surface area contributed by atoms with Crippen LogP contribution in [-0.2, 0) is 10.0 Å². The van der Waals surface area contributed by atoms with E-state index in [9.17, 15) is 8.42 Å². The monoisotopic (exact) mass is 293 g/mol. The van der Waals surface area contributed by atoms with Crippen molar-refractivity contribution < 1.29 is 8.42 Å². The molecule has 1 atom stereocenters. The van der Waals surface area contributed by atoms with Gasteiger partial charge in [0.1, 0.15) is 10.7 Å². The lowest BCUT2D eigenvalue weighted by atomic mass is 10.4. The van der Waals surface area contributed by atoms with Gasteiger partial charge in [-0.1, -0.05) is 47.5 Å². The van der Waals surface area contributed by atoms with Crippen LogP contribution in [0, 0.1) is 0 Å². The predicted octanol–water partition coefficient (Wildman–Crippen LogP) is 3.36. The van der Waals surface area contributed by atoms with Crippen LogP contribution in [0.25, 0.3) is 0 Å². The van der Waals surface area contributed by atoms with Gasteiger partial charge in [-0.05, 0) is 26.0 Å². The normalized spacial score (nSPS) is 14.5. The van der Waals surface area contributed by atoms with Crippen LogP contribution in [0.1, 0.15) is 13.8 Å². The van der Waals surface area contributed by atoms with Crippen molar-refractivity contribution >= 4 is 33.2 Å². The Kier molecular flexibility index (Phi) is 4.86. The molecule has 0 aliphatic heterocycles. The van der Waals surface area contributed by atoms with E-state index in [1.165, 1.54) is 18.2 Å². The van der Waals surface area contributed by atoms with Crippen LogP contribution in [0.4, 0.5) is 0 Å². The van der Waals surface area contributed by atoms with Gasteiger partial charge < -0.3 is 0 Å². The molecule has 1 aromatic carbocycles. The summed E-state index contributed by atoms with van der Waals surface area (Å²) in [5, 5.41) is 0.0800. The molecule has 1 unspecified atom stereocenters. The first-order chi connectivity index (χ1) is 7.91. The fourth-order valence-corrected chi connectivity index (χ4v) is 3.64. The van der Waals surface area contributed by atoms with Crippen LogP contribution in [0.5, 0.6) is 0 Å². The smallest absolute Gasteiger partial charge is 0.239 e. The Bertz CT molecular complexity index is 497. The number of alkyl halides is 1.